The van der Waals surface area contributed by atoms with Crippen molar-refractivity contribution in [3.63, 3.8) is 0 Å². The molecule has 1 amide bonds. The number of hydrogen-bond donors (Lipinski definition) is 2. The monoisotopic (exact) mass is 282 g/mol. The molecule has 106 valence electrons. The Morgan fingerprint density at radius 3 is 3.00 bits per heavy atom. The van der Waals surface area contributed by atoms with Crippen LogP contribution < -0.4 is 16.0 Å². The van der Waals surface area contributed by atoms with E-state index in [-0.39, 0.29) is 5.91 Å². The molecule has 2 heterocycles. The first-order valence-corrected chi connectivity index (χ1v) is 7.83. The predicted octanol–water partition coefficient (Wildman–Crippen LogP) is 1.14. The minimum absolute atomic E-state index is 0.0837. The van der Waals surface area contributed by atoms with Crippen molar-refractivity contribution in [1.82, 2.24) is 10.3 Å². The van der Waals surface area contributed by atoms with E-state index in [1.165, 1.54) is 12.8 Å². The van der Waals surface area contributed by atoms with Gasteiger partial charge in [-0.1, -0.05) is 0 Å². The molecule has 1 aliphatic rings. The summed E-state index contributed by atoms with van der Waals surface area (Å²) in [5.41, 5.74) is 6.44. The maximum atomic E-state index is 11.4. The highest BCUT2D eigenvalue weighted by Gasteiger charge is 2.15. The summed E-state index contributed by atoms with van der Waals surface area (Å²) in [7, 11) is 0. The number of nitrogens with zero attached hydrogens (tertiary/aromatic N) is 2. The van der Waals surface area contributed by atoms with E-state index in [0.29, 0.717) is 19.5 Å². The van der Waals surface area contributed by atoms with Gasteiger partial charge >= 0.3 is 0 Å². The van der Waals surface area contributed by atoms with Crippen LogP contribution in [0.5, 0.6) is 0 Å². The number of anilines is 1. The predicted molar refractivity (Wildman–Crippen MR) is 78.6 cm³/mol. The molecule has 1 aromatic rings. The largest absolute Gasteiger partial charge is 0.356 e. The van der Waals surface area contributed by atoms with Crippen LogP contribution >= 0.6 is 11.3 Å². The maximum Gasteiger partial charge on any atom is 0.220 e. The number of carbonyl (C=O) groups excluding carboxylic acids is 1. The van der Waals surface area contributed by atoms with Crippen molar-refractivity contribution in [1.29, 1.82) is 0 Å². The van der Waals surface area contributed by atoms with Gasteiger partial charge in [0.25, 0.3) is 0 Å². The molecule has 6 heteroatoms. The highest BCUT2D eigenvalue weighted by Crippen LogP contribution is 2.24. The Morgan fingerprint density at radius 2 is 2.26 bits per heavy atom. The summed E-state index contributed by atoms with van der Waals surface area (Å²) in [5.74, 6) is 0.0837. The molecule has 5 nitrogen and oxygen atoms in total. The minimum atomic E-state index is 0.0837. The topological polar surface area (TPSA) is 71.2 Å². The Morgan fingerprint density at radius 1 is 1.47 bits per heavy atom. The molecule has 0 aliphatic carbocycles. The zero-order chi connectivity index (χ0) is 13.5. The molecule has 2 rings (SSSR count). The number of thiazole rings is 1. The van der Waals surface area contributed by atoms with Gasteiger partial charge in [-0.05, 0) is 25.8 Å². The molecule has 0 unspecified atom stereocenters. The van der Waals surface area contributed by atoms with Crippen molar-refractivity contribution in [2.24, 2.45) is 5.73 Å². The van der Waals surface area contributed by atoms with E-state index in [4.69, 9.17) is 5.73 Å². The van der Waals surface area contributed by atoms with Crippen LogP contribution in [0.3, 0.4) is 0 Å². The van der Waals surface area contributed by atoms with Crippen LogP contribution in [0, 0.1) is 0 Å². The number of amides is 1. The van der Waals surface area contributed by atoms with Gasteiger partial charge in [0.1, 0.15) is 0 Å². The molecule has 1 aliphatic heterocycles. The Balaban J connectivity index is 1.70. The fourth-order valence-electron chi connectivity index (χ4n) is 2.15. The standard InChI is InChI=1S/C13H22N4OS/c14-6-3-4-12(18)15-7-5-11-10-19-13(16-11)17-8-1-2-9-17/h10H,1-9,14H2,(H,15,18). The zero-order valence-electron chi connectivity index (χ0n) is 11.2. The molecule has 0 bridgehead atoms. The summed E-state index contributed by atoms with van der Waals surface area (Å²) in [4.78, 5) is 18.4. The molecule has 19 heavy (non-hydrogen) atoms. The number of nitrogens with one attached hydrogen (secondary N) is 1. The lowest BCUT2D eigenvalue weighted by Gasteiger charge is -2.12. The van der Waals surface area contributed by atoms with Gasteiger partial charge in [0.2, 0.25) is 5.91 Å². The fraction of sp³-hybridized carbons (Fsp3) is 0.692. The van der Waals surface area contributed by atoms with Crippen molar-refractivity contribution in [2.45, 2.75) is 32.1 Å². The molecule has 0 aromatic carbocycles. The molecule has 0 atom stereocenters. The molecule has 1 saturated heterocycles. The van der Waals surface area contributed by atoms with Gasteiger partial charge in [-0.3, -0.25) is 4.79 Å². The lowest BCUT2D eigenvalue weighted by atomic mass is 10.3. The normalized spacial score (nSPS) is 14.9. The van der Waals surface area contributed by atoms with Crippen LogP contribution in [0.4, 0.5) is 5.13 Å². The third kappa shape index (κ3) is 4.47. The third-order valence-electron chi connectivity index (χ3n) is 3.23. The van der Waals surface area contributed by atoms with Crippen LogP contribution in [0.25, 0.3) is 0 Å². The summed E-state index contributed by atoms with van der Waals surface area (Å²) < 4.78 is 0. The van der Waals surface area contributed by atoms with E-state index >= 15 is 0 Å². The van der Waals surface area contributed by atoms with E-state index in [0.717, 1.165) is 36.8 Å². The average Bonchev–Trinajstić information content (AvgIpc) is 3.06. The lowest BCUT2D eigenvalue weighted by molar-refractivity contribution is -0.121. The molecule has 1 aromatic heterocycles. The van der Waals surface area contributed by atoms with Crippen LogP contribution in [-0.4, -0.2) is 37.1 Å². The lowest BCUT2D eigenvalue weighted by Crippen LogP contribution is -2.26. The quantitative estimate of drug-likeness (QED) is 0.787. The first-order chi connectivity index (χ1) is 9.29. The average molecular weight is 282 g/mol. The van der Waals surface area contributed by atoms with Crippen LogP contribution in [0.15, 0.2) is 5.38 Å². The van der Waals surface area contributed by atoms with Crippen LogP contribution in [0.1, 0.15) is 31.4 Å². The fourth-order valence-corrected chi connectivity index (χ4v) is 3.06. The Bertz CT molecular complexity index is 401. The molecular weight excluding hydrogens is 260 g/mol. The second kappa shape index (κ2) is 7.45. The van der Waals surface area contributed by atoms with E-state index < -0.39 is 0 Å². The van der Waals surface area contributed by atoms with Gasteiger partial charge in [-0.2, -0.15) is 0 Å². The first kappa shape index (κ1) is 14.3. The number of carbonyl (C=O) groups is 1. The van der Waals surface area contributed by atoms with E-state index in [9.17, 15) is 4.79 Å². The Hall–Kier alpha value is -1.14. The van der Waals surface area contributed by atoms with Gasteiger partial charge in [0.05, 0.1) is 5.69 Å². The minimum Gasteiger partial charge on any atom is -0.356 e. The molecule has 3 N–H and O–H groups in total. The molecular formula is C13H22N4OS. The van der Waals surface area contributed by atoms with Crippen molar-refractivity contribution >= 4 is 22.4 Å². The second-order valence-corrected chi connectivity index (χ2v) is 5.64. The smallest absolute Gasteiger partial charge is 0.220 e. The molecule has 0 radical (unpaired) electrons. The molecule has 0 saturated carbocycles. The summed E-state index contributed by atoms with van der Waals surface area (Å²) in [6, 6.07) is 0. The van der Waals surface area contributed by atoms with Gasteiger partial charge in [-0.15, -0.1) is 11.3 Å². The summed E-state index contributed by atoms with van der Waals surface area (Å²) >= 11 is 1.71. The van der Waals surface area contributed by atoms with Crippen molar-refractivity contribution < 1.29 is 4.79 Å². The third-order valence-corrected chi connectivity index (χ3v) is 4.18. The highest BCUT2D eigenvalue weighted by molar-refractivity contribution is 7.13. The Kier molecular flexibility index (Phi) is 5.60. The first-order valence-electron chi connectivity index (χ1n) is 6.95. The summed E-state index contributed by atoms with van der Waals surface area (Å²) in [5, 5.41) is 6.13. The highest BCUT2D eigenvalue weighted by atomic mass is 32.1. The van der Waals surface area contributed by atoms with E-state index in [2.05, 4.69) is 20.6 Å². The van der Waals surface area contributed by atoms with Gasteiger partial charge < -0.3 is 16.0 Å². The van der Waals surface area contributed by atoms with Crippen molar-refractivity contribution in [3.05, 3.63) is 11.1 Å². The number of aromatic nitrogens is 1. The summed E-state index contributed by atoms with van der Waals surface area (Å²) in [6.07, 6.45) is 4.62. The molecule has 1 fully saturated rings. The van der Waals surface area contributed by atoms with E-state index in [1.807, 2.05) is 0 Å². The van der Waals surface area contributed by atoms with E-state index in [1.54, 1.807) is 11.3 Å². The number of hydrogen-bond acceptors (Lipinski definition) is 5. The van der Waals surface area contributed by atoms with Crippen LogP contribution in [-0.2, 0) is 11.2 Å². The number of nitrogens with two attached hydrogens (primary N) is 1. The van der Waals surface area contributed by atoms with Crippen molar-refractivity contribution in [3.8, 4) is 0 Å². The summed E-state index contributed by atoms with van der Waals surface area (Å²) in [6.45, 7) is 3.48. The van der Waals surface area contributed by atoms with Gasteiger partial charge in [-0.25, -0.2) is 4.98 Å². The zero-order valence-corrected chi connectivity index (χ0v) is 12.0. The van der Waals surface area contributed by atoms with Crippen LogP contribution in [0.2, 0.25) is 0 Å². The maximum absolute atomic E-state index is 11.4. The SMILES string of the molecule is NCCCC(=O)NCCc1csc(N2CCCC2)n1. The Labute approximate surface area is 118 Å². The number of rotatable bonds is 7. The molecule has 0 spiro atoms. The van der Waals surface area contributed by atoms with Gasteiger partial charge in [0, 0.05) is 37.9 Å². The van der Waals surface area contributed by atoms with Crippen molar-refractivity contribution in [2.75, 3.05) is 31.1 Å². The second-order valence-electron chi connectivity index (χ2n) is 4.81. The van der Waals surface area contributed by atoms with Gasteiger partial charge in [0.15, 0.2) is 5.13 Å².